The third-order valence-electron chi connectivity index (χ3n) is 2.74. The minimum Gasteiger partial charge on any atom is -0.263 e. The Morgan fingerprint density at radius 2 is 2.22 bits per heavy atom. The van der Waals surface area contributed by atoms with Crippen molar-refractivity contribution in [2.45, 2.75) is 23.5 Å². The molecule has 1 aliphatic rings. The number of sulfonamides is 1. The maximum atomic E-state index is 12.5. The molecule has 1 saturated heterocycles. The molecule has 1 aromatic heterocycles. The van der Waals surface area contributed by atoms with Crippen molar-refractivity contribution in [3.05, 3.63) is 23.5 Å². The number of thioether (sulfide) groups is 1. The minimum atomic E-state index is -3.54. The van der Waals surface area contributed by atoms with E-state index in [1.807, 2.05) is 13.8 Å². The van der Waals surface area contributed by atoms with Crippen LogP contribution in [0, 0.1) is 0 Å². The first kappa shape index (κ1) is 14.1. The molecule has 0 unspecified atom stereocenters. The molecule has 1 aliphatic heterocycles. The molecule has 100 valence electrons. The standard InChI is InChI=1S/C11H15ClN2O2S2/c1-11(2)8-14(5-6-17-11)18(15,16)10-7-13-4-3-9(10)12/h3-4,7H,5-6,8H2,1-2H3. The van der Waals surface area contributed by atoms with E-state index in [4.69, 9.17) is 11.6 Å². The lowest BCUT2D eigenvalue weighted by Gasteiger charge is -2.36. The molecule has 1 aromatic rings. The summed E-state index contributed by atoms with van der Waals surface area (Å²) in [6, 6.07) is 1.50. The smallest absolute Gasteiger partial charge is 0.246 e. The fraction of sp³-hybridized carbons (Fsp3) is 0.545. The van der Waals surface area contributed by atoms with Gasteiger partial charge in [0.15, 0.2) is 0 Å². The quantitative estimate of drug-likeness (QED) is 0.841. The van der Waals surface area contributed by atoms with Gasteiger partial charge in [-0.05, 0) is 19.9 Å². The Balaban J connectivity index is 2.35. The maximum absolute atomic E-state index is 12.5. The monoisotopic (exact) mass is 306 g/mol. The summed E-state index contributed by atoms with van der Waals surface area (Å²) in [5.41, 5.74) is 0. The zero-order chi connectivity index (χ0) is 13.4. The maximum Gasteiger partial charge on any atom is 0.246 e. The summed E-state index contributed by atoms with van der Waals surface area (Å²) in [4.78, 5) is 3.94. The molecule has 7 heteroatoms. The van der Waals surface area contributed by atoms with E-state index in [0.717, 1.165) is 5.75 Å². The molecular formula is C11H15ClN2O2S2. The molecule has 4 nitrogen and oxygen atoms in total. The fourth-order valence-electron chi connectivity index (χ4n) is 1.87. The first-order valence-electron chi connectivity index (χ1n) is 5.56. The van der Waals surface area contributed by atoms with E-state index in [2.05, 4.69) is 4.98 Å². The molecule has 0 bridgehead atoms. The average molecular weight is 307 g/mol. The highest BCUT2D eigenvalue weighted by atomic mass is 35.5. The largest absolute Gasteiger partial charge is 0.263 e. The van der Waals surface area contributed by atoms with Crippen LogP contribution in [0.15, 0.2) is 23.4 Å². The van der Waals surface area contributed by atoms with Crippen molar-refractivity contribution in [1.29, 1.82) is 0 Å². The van der Waals surface area contributed by atoms with Crippen molar-refractivity contribution in [3.63, 3.8) is 0 Å². The van der Waals surface area contributed by atoms with Crippen molar-refractivity contribution < 1.29 is 8.42 Å². The first-order valence-corrected chi connectivity index (χ1v) is 8.37. The summed E-state index contributed by atoms with van der Waals surface area (Å²) in [6.45, 7) is 5.10. The number of halogens is 1. The fourth-order valence-corrected chi connectivity index (χ4v) is 5.19. The topological polar surface area (TPSA) is 50.3 Å². The van der Waals surface area contributed by atoms with Crippen LogP contribution in [0.2, 0.25) is 5.02 Å². The lowest BCUT2D eigenvalue weighted by atomic mass is 10.2. The third kappa shape index (κ3) is 2.82. The molecule has 0 saturated carbocycles. The molecule has 2 rings (SSSR count). The summed E-state index contributed by atoms with van der Waals surface area (Å²) in [5.74, 6) is 0.796. The molecule has 0 amide bonds. The predicted molar refractivity (Wildman–Crippen MR) is 74.5 cm³/mol. The van der Waals surface area contributed by atoms with E-state index in [-0.39, 0.29) is 14.7 Å². The molecule has 0 N–H and O–H groups in total. The lowest BCUT2D eigenvalue weighted by Crippen LogP contribution is -2.46. The molecular weight excluding hydrogens is 292 g/mol. The van der Waals surface area contributed by atoms with Crippen LogP contribution >= 0.6 is 23.4 Å². The average Bonchev–Trinajstić information content (AvgIpc) is 2.28. The number of hydrogen-bond acceptors (Lipinski definition) is 4. The summed E-state index contributed by atoms with van der Waals surface area (Å²) < 4.78 is 26.4. The van der Waals surface area contributed by atoms with Crippen molar-refractivity contribution in [3.8, 4) is 0 Å². The van der Waals surface area contributed by atoms with Crippen LogP contribution in [0.4, 0.5) is 0 Å². The van der Waals surface area contributed by atoms with Crippen LogP contribution < -0.4 is 0 Å². The summed E-state index contributed by atoms with van der Waals surface area (Å²) in [6.07, 6.45) is 2.80. The summed E-state index contributed by atoms with van der Waals surface area (Å²) in [5, 5.41) is 0.223. The van der Waals surface area contributed by atoms with Crippen LogP contribution in [-0.4, -0.2) is 41.3 Å². The number of nitrogens with zero attached hydrogens (tertiary/aromatic N) is 2. The van der Waals surface area contributed by atoms with E-state index in [0.29, 0.717) is 13.1 Å². The van der Waals surface area contributed by atoms with Crippen LogP contribution in [0.25, 0.3) is 0 Å². The molecule has 18 heavy (non-hydrogen) atoms. The molecule has 0 radical (unpaired) electrons. The Bertz CT molecular complexity index is 546. The van der Waals surface area contributed by atoms with Crippen LogP contribution in [0.3, 0.4) is 0 Å². The Kier molecular flexibility index (Phi) is 3.92. The normalized spacial score (nSPS) is 20.8. The molecule has 0 atom stereocenters. The van der Waals surface area contributed by atoms with Crippen molar-refractivity contribution >= 4 is 33.4 Å². The molecule has 0 spiro atoms. The Hall–Kier alpha value is -0.300. The Morgan fingerprint density at radius 1 is 1.50 bits per heavy atom. The van der Waals surface area contributed by atoms with Gasteiger partial charge in [0.05, 0.1) is 5.02 Å². The van der Waals surface area contributed by atoms with E-state index < -0.39 is 10.0 Å². The molecule has 1 fully saturated rings. The van der Waals surface area contributed by atoms with Gasteiger partial charge in [0.1, 0.15) is 4.90 Å². The van der Waals surface area contributed by atoms with Gasteiger partial charge in [-0.15, -0.1) is 0 Å². The lowest BCUT2D eigenvalue weighted by molar-refractivity contribution is 0.387. The summed E-state index contributed by atoms with van der Waals surface area (Å²) >= 11 is 7.73. The van der Waals surface area contributed by atoms with Gasteiger partial charge in [-0.2, -0.15) is 16.1 Å². The molecule has 0 aliphatic carbocycles. The first-order chi connectivity index (χ1) is 8.33. The SMILES string of the molecule is CC1(C)CN(S(=O)(=O)c2cnccc2Cl)CCS1. The summed E-state index contributed by atoms with van der Waals surface area (Å²) in [7, 11) is -3.54. The highest BCUT2D eigenvalue weighted by Crippen LogP contribution is 2.33. The highest BCUT2D eigenvalue weighted by Gasteiger charge is 2.35. The molecule has 0 aromatic carbocycles. The van der Waals surface area contributed by atoms with Gasteiger partial charge in [-0.25, -0.2) is 8.42 Å². The second-order valence-corrected chi connectivity index (χ2v) is 8.87. The predicted octanol–water partition coefficient (Wildman–Crippen LogP) is 2.25. The van der Waals surface area contributed by atoms with Crippen LogP contribution in [0.5, 0.6) is 0 Å². The number of aromatic nitrogens is 1. The van der Waals surface area contributed by atoms with E-state index in [9.17, 15) is 8.42 Å². The van der Waals surface area contributed by atoms with E-state index in [1.54, 1.807) is 11.8 Å². The van der Waals surface area contributed by atoms with Gasteiger partial charge < -0.3 is 0 Å². The van der Waals surface area contributed by atoms with Crippen molar-refractivity contribution in [2.24, 2.45) is 0 Å². The zero-order valence-electron chi connectivity index (χ0n) is 10.3. The van der Waals surface area contributed by atoms with Gasteiger partial charge in [0.2, 0.25) is 10.0 Å². The van der Waals surface area contributed by atoms with Gasteiger partial charge in [-0.1, -0.05) is 11.6 Å². The minimum absolute atomic E-state index is 0.0694. The van der Waals surface area contributed by atoms with E-state index >= 15 is 0 Å². The van der Waals surface area contributed by atoms with Crippen molar-refractivity contribution in [2.75, 3.05) is 18.8 Å². The van der Waals surface area contributed by atoms with Gasteiger partial charge in [-0.3, -0.25) is 4.98 Å². The number of rotatable bonds is 2. The second-order valence-electron chi connectivity index (χ2n) is 4.75. The van der Waals surface area contributed by atoms with Gasteiger partial charge in [0, 0.05) is 36.0 Å². The highest BCUT2D eigenvalue weighted by molar-refractivity contribution is 8.00. The Morgan fingerprint density at radius 3 is 2.83 bits per heavy atom. The van der Waals surface area contributed by atoms with Gasteiger partial charge in [0.25, 0.3) is 0 Å². The molecule has 2 heterocycles. The van der Waals surface area contributed by atoms with Gasteiger partial charge >= 0.3 is 0 Å². The third-order valence-corrected chi connectivity index (χ3v) is 6.35. The van der Waals surface area contributed by atoms with Crippen LogP contribution in [-0.2, 0) is 10.0 Å². The second kappa shape index (κ2) is 5.00. The van der Waals surface area contributed by atoms with Crippen LogP contribution in [0.1, 0.15) is 13.8 Å². The number of hydrogen-bond donors (Lipinski definition) is 0. The number of pyridine rings is 1. The van der Waals surface area contributed by atoms with Crippen molar-refractivity contribution in [1.82, 2.24) is 9.29 Å². The Labute approximate surface area is 117 Å². The van der Waals surface area contributed by atoms with E-state index in [1.165, 1.54) is 22.8 Å². The zero-order valence-corrected chi connectivity index (χ0v) is 12.6.